The second-order valence-electron chi connectivity index (χ2n) is 3.22. The summed E-state index contributed by atoms with van der Waals surface area (Å²) in [5.74, 6) is 0.976. The molecule has 0 aromatic heterocycles. The van der Waals surface area contributed by atoms with Gasteiger partial charge in [-0.2, -0.15) is 0 Å². The van der Waals surface area contributed by atoms with Gasteiger partial charge in [0.1, 0.15) is 11.5 Å². The zero-order chi connectivity index (χ0) is 11.4. The smallest absolute Gasteiger partial charge is 0.164 e. The van der Waals surface area contributed by atoms with E-state index in [1.807, 2.05) is 0 Å². The zero-order valence-corrected chi connectivity index (χ0v) is 9.03. The fraction of sp³-hybridized carbons (Fsp3) is 0.364. The van der Waals surface area contributed by atoms with Gasteiger partial charge >= 0.3 is 0 Å². The number of Topliss-reactive ketones (excluding diaryl/α,β-unsaturated/α-hetero) is 1. The first-order valence-electron chi connectivity index (χ1n) is 4.51. The van der Waals surface area contributed by atoms with E-state index in [1.54, 1.807) is 0 Å². The number of methoxy groups -OCH3 is 2. The quantitative estimate of drug-likeness (QED) is 0.819. The fourth-order valence-corrected chi connectivity index (χ4v) is 1.43. The number of ketones is 1. The van der Waals surface area contributed by atoms with Crippen molar-refractivity contribution in [3.63, 3.8) is 0 Å². The van der Waals surface area contributed by atoms with Crippen LogP contribution < -0.4 is 9.47 Å². The van der Waals surface area contributed by atoms with Crippen LogP contribution in [-0.2, 0) is 11.2 Å². The molecule has 0 bridgehead atoms. The fourth-order valence-electron chi connectivity index (χ4n) is 1.43. The number of hydrogen-bond donors (Lipinski definition) is 1. The molecular formula is C11H14O4. The number of phenolic OH excluding ortho intramolecular Hbond substituents is 1. The number of ether oxygens (including phenoxy) is 2. The van der Waals surface area contributed by atoms with Crippen LogP contribution in [0.15, 0.2) is 12.1 Å². The molecule has 0 saturated carbocycles. The highest BCUT2D eigenvalue weighted by atomic mass is 16.5. The molecule has 0 saturated heterocycles. The van der Waals surface area contributed by atoms with E-state index in [0.29, 0.717) is 17.1 Å². The number of rotatable bonds is 4. The molecule has 0 amide bonds. The maximum atomic E-state index is 11.0. The number of hydrogen-bond acceptors (Lipinski definition) is 4. The molecule has 0 atom stereocenters. The molecule has 0 radical (unpaired) electrons. The Morgan fingerprint density at radius 2 is 2.00 bits per heavy atom. The molecule has 0 aliphatic rings. The molecule has 1 N–H and O–H groups in total. The van der Waals surface area contributed by atoms with Crippen molar-refractivity contribution >= 4 is 5.78 Å². The first kappa shape index (κ1) is 11.4. The van der Waals surface area contributed by atoms with Crippen LogP contribution in [0.2, 0.25) is 0 Å². The van der Waals surface area contributed by atoms with E-state index in [0.717, 1.165) is 0 Å². The van der Waals surface area contributed by atoms with Gasteiger partial charge in [-0.25, -0.2) is 0 Å². The van der Waals surface area contributed by atoms with E-state index >= 15 is 0 Å². The summed E-state index contributed by atoms with van der Waals surface area (Å²) in [7, 11) is 2.98. The molecule has 1 aromatic carbocycles. The van der Waals surface area contributed by atoms with Gasteiger partial charge in [0, 0.05) is 18.1 Å². The summed E-state index contributed by atoms with van der Waals surface area (Å²) in [4.78, 5) is 11.0. The summed E-state index contributed by atoms with van der Waals surface area (Å²) in [5.41, 5.74) is 0.627. The number of aromatic hydroxyl groups is 1. The van der Waals surface area contributed by atoms with E-state index in [2.05, 4.69) is 0 Å². The molecule has 1 aromatic rings. The third kappa shape index (κ3) is 2.62. The molecule has 0 aliphatic heterocycles. The van der Waals surface area contributed by atoms with Crippen molar-refractivity contribution in [3.05, 3.63) is 17.7 Å². The van der Waals surface area contributed by atoms with Crippen molar-refractivity contribution < 1.29 is 19.4 Å². The predicted molar refractivity (Wildman–Crippen MR) is 55.6 cm³/mol. The van der Waals surface area contributed by atoms with Gasteiger partial charge < -0.3 is 14.6 Å². The molecule has 0 aliphatic carbocycles. The van der Waals surface area contributed by atoms with Crippen LogP contribution in [0.4, 0.5) is 0 Å². The lowest BCUT2D eigenvalue weighted by molar-refractivity contribution is -0.116. The number of benzene rings is 1. The Kier molecular flexibility index (Phi) is 3.55. The summed E-state index contributed by atoms with van der Waals surface area (Å²) in [6.07, 6.45) is 0.216. The molecular weight excluding hydrogens is 196 g/mol. The summed E-state index contributed by atoms with van der Waals surface area (Å²) in [6, 6.07) is 2.95. The van der Waals surface area contributed by atoms with Crippen LogP contribution in [0.5, 0.6) is 17.2 Å². The highest BCUT2D eigenvalue weighted by Crippen LogP contribution is 2.35. The van der Waals surface area contributed by atoms with Crippen LogP contribution >= 0.6 is 0 Å². The Morgan fingerprint density at radius 1 is 1.33 bits per heavy atom. The summed E-state index contributed by atoms with van der Waals surface area (Å²) in [6.45, 7) is 1.48. The lowest BCUT2D eigenvalue weighted by Crippen LogP contribution is -2.01. The van der Waals surface area contributed by atoms with Crippen LogP contribution in [0.1, 0.15) is 12.5 Å². The van der Waals surface area contributed by atoms with E-state index in [4.69, 9.17) is 9.47 Å². The molecule has 82 valence electrons. The molecule has 0 spiro atoms. The Hall–Kier alpha value is -1.71. The van der Waals surface area contributed by atoms with Crippen molar-refractivity contribution in [2.24, 2.45) is 0 Å². The molecule has 0 fully saturated rings. The third-order valence-electron chi connectivity index (χ3n) is 1.98. The van der Waals surface area contributed by atoms with Crippen LogP contribution in [0, 0.1) is 0 Å². The first-order valence-corrected chi connectivity index (χ1v) is 4.51. The van der Waals surface area contributed by atoms with E-state index in [1.165, 1.54) is 33.3 Å². The minimum Gasteiger partial charge on any atom is -0.508 e. The van der Waals surface area contributed by atoms with Gasteiger partial charge in [-0.05, 0) is 13.0 Å². The van der Waals surface area contributed by atoms with E-state index in [9.17, 15) is 9.90 Å². The lowest BCUT2D eigenvalue weighted by Gasteiger charge is -2.12. The number of carbonyl (C=O) groups is 1. The van der Waals surface area contributed by atoms with Crippen LogP contribution in [0.3, 0.4) is 0 Å². The second-order valence-corrected chi connectivity index (χ2v) is 3.22. The van der Waals surface area contributed by atoms with Crippen molar-refractivity contribution in [2.45, 2.75) is 13.3 Å². The minimum atomic E-state index is 0.000882. The van der Waals surface area contributed by atoms with Gasteiger partial charge in [-0.15, -0.1) is 0 Å². The highest BCUT2D eigenvalue weighted by Gasteiger charge is 2.13. The average molecular weight is 210 g/mol. The summed E-state index contributed by atoms with van der Waals surface area (Å²) < 4.78 is 10.2. The molecule has 1 rings (SSSR count). The molecule has 4 heteroatoms. The van der Waals surface area contributed by atoms with Gasteiger partial charge in [0.25, 0.3) is 0 Å². The van der Waals surface area contributed by atoms with Gasteiger partial charge in [0.2, 0.25) is 0 Å². The summed E-state index contributed by atoms with van der Waals surface area (Å²) in [5, 5.41) is 9.41. The minimum absolute atomic E-state index is 0.000882. The second kappa shape index (κ2) is 4.68. The van der Waals surface area contributed by atoms with Crippen LogP contribution in [0.25, 0.3) is 0 Å². The van der Waals surface area contributed by atoms with Crippen molar-refractivity contribution in [3.8, 4) is 17.2 Å². The Morgan fingerprint density at radius 3 is 2.47 bits per heavy atom. The number of phenols is 1. The normalized spacial score (nSPS) is 9.80. The van der Waals surface area contributed by atoms with Crippen molar-refractivity contribution in [1.29, 1.82) is 0 Å². The van der Waals surface area contributed by atoms with Crippen LogP contribution in [-0.4, -0.2) is 25.1 Å². The number of carbonyl (C=O) groups excluding carboxylic acids is 1. The van der Waals surface area contributed by atoms with Crippen molar-refractivity contribution in [2.75, 3.05) is 14.2 Å². The Labute approximate surface area is 88.4 Å². The first-order chi connectivity index (χ1) is 7.08. The molecule has 15 heavy (non-hydrogen) atoms. The average Bonchev–Trinajstić information content (AvgIpc) is 2.15. The topological polar surface area (TPSA) is 55.8 Å². The maximum absolute atomic E-state index is 11.0. The standard InChI is InChI=1S/C11H14O4/c1-7(12)4-8-5-9(13)6-10(14-2)11(8)15-3/h5-6,13H,4H2,1-3H3. The highest BCUT2D eigenvalue weighted by molar-refractivity contribution is 5.79. The van der Waals surface area contributed by atoms with Gasteiger partial charge in [0.15, 0.2) is 11.5 Å². The monoisotopic (exact) mass is 210 g/mol. The molecule has 0 heterocycles. The largest absolute Gasteiger partial charge is 0.508 e. The third-order valence-corrected chi connectivity index (χ3v) is 1.98. The lowest BCUT2D eigenvalue weighted by atomic mass is 10.1. The Bertz CT molecular complexity index is 371. The molecule has 4 nitrogen and oxygen atoms in total. The maximum Gasteiger partial charge on any atom is 0.164 e. The van der Waals surface area contributed by atoms with E-state index in [-0.39, 0.29) is 18.0 Å². The zero-order valence-electron chi connectivity index (χ0n) is 9.03. The van der Waals surface area contributed by atoms with Crippen molar-refractivity contribution in [1.82, 2.24) is 0 Å². The SMILES string of the molecule is COc1cc(O)cc(CC(C)=O)c1OC. The Balaban J connectivity index is 3.22. The van der Waals surface area contributed by atoms with Gasteiger partial charge in [0.05, 0.1) is 14.2 Å². The summed E-state index contributed by atoms with van der Waals surface area (Å²) >= 11 is 0. The van der Waals surface area contributed by atoms with Gasteiger partial charge in [-0.1, -0.05) is 0 Å². The van der Waals surface area contributed by atoms with Gasteiger partial charge in [-0.3, -0.25) is 4.79 Å². The predicted octanol–water partition coefficient (Wildman–Crippen LogP) is 1.54. The molecule has 0 unspecified atom stereocenters. The van der Waals surface area contributed by atoms with E-state index < -0.39 is 0 Å².